The molecular weight excluding hydrogens is 968 g/mol. The summed E-state index contributed by atoms with van der Waals surface area (Å²) in [5.41, 5.74) is 4.08. The van der Waals surface area contributed by atoms with E-state index in [0.717, 1.165) is 22.3 Å². The van der Waals surface area contributed by atoms with Gasteiger partial charge in [0.25, 0.3) is 0 Å². The van der Waals surface area contributed by atoms with Gasteiger partial charge in [-0.2, -0.15) is 0 Å². The quantitative estimate of drug-likeness (QED) is 0.105. The van der Waals surface area contributed by atoms with Gasteiger partial charge in [0.2, 0.25) is 0 Å². The van der Waals surface area contributed by atoms with Gasteiger partial charge in [0.1, 0.15) is 0 Å². The summed E-state index contributed by atoms with van der Waals surface area (Å²) >= 11 is 9.34. The van der Waals surface area contributed by atoms with Crippen LogP contribution in [-0.2, 0) is 45.4 Å². The van der Waals surface area contributed by atoms with Gasteiger partial charge < -0.3 is 18.9 Å². The molecule has 41 heavy (non-hydrogen) atoms. The third-order valence-corrected chi connectivity index (χ3v) is 8.95. The van der Waals surface area contributed by atoms with Crippen molar-refractivity contribution < 1.29 is 18.9 Å². The lowest BCUT2D eigenvalue weighted by Crippen LogP contribution is -2.41. The number of halogens is 4. The third kappa shape index (κ3) is 12.3. The Morgan fingerprint density at radius 2 is 0.634 bits per heavy atom. The third-order valence-electron chi connectivity index (χ3n) is 6.26. The largest absolute Gasteiger partial charge is 0.376 e. The molecule has 0 N–H and O–H groups in total. The van der Waals surface area contributed by atoms with Gasteiger partial charge in [0.15, 0.2) is 0 Å². The lowest BCUT2D eigenvalue weighted by atomic mass is 9.92. The highest BCUT2D eigenvalue weighted by Crippen LogP contribution is 2.25. The number of rotatable bonds is 16. The van der Waals surface area contributed by atoms with E-state index in [4.69, 9.17) is 18.9 Å². The van der Waals surface area contributed by atoms with Crippen molar-refractivity contribution in [3.8, 4) is 0 Å². The maximum atomic E-state index is 6.36. The van der Waals surface area contributed by atoms with Crippen LogP contribution < -0.4 is 0 Å². The molecule has 0 aliphatic heterocycles. The fourth-order valence-electron chi connectivity index (χ4n) is 4.30. The van der Waals surface area contributed by atoms with Gasteiger partial charge >= 0.3 is 0 Å². The highest BCUT2D eigenvalue weighted by molar-refractivity contribution is 14.1. The standard InChI is InChI=1S/C33H32I4O4/c34-29-9-1-5-25(13-29)17-38-21-33(22-39-18-26-6-2-10-30(35)14-26,23-40-19-27-7-3-11-31(36)15-27)24-41-20-28-8-4-12-32(37)16-28/h1-16H,17-24H2. The maximum absolute atomic E-state index is 6.36. The summed E-state index contributed by atoms with van der Waals surface area (Å²) in [6.45, 7) is 3.86. The van der Waals surface area contributed by atoms with Crippen molar-refractivity contribution in [1.82, 2.24) is 0 Å². The Hall–Kier alpha value is -0.360. The topological polar surface area (TPSA) is 36.9 Å². The zero-order valence-corrected chi connectivity index (χ0v) is 31.2. The molecule has 0 unspecified atom stereocenters. The first-order chi connectivity index (χ1) is 19.9. The predicted molar refractivity (Wildman–Crippen MR) is 198 cm³/mol. The number of benzene rings is 4. The van der Waals surface area contributed by atoms with E-state index >= 15 is 0 Å². The molecule has 0 atom stereocenters. The second-order valence-corrected chi connectivity index (χ2v) is 15.0. The first-order valence-corrected chi connectivity index (χ1v) is 17.5. The SMILES string of the molecule is Ic1cccc(COCC(COCc2cccc(I)c2)(COCc2cccc(I)c2)COCc2cccc(I)c2)c1. The molecule has 0 spiro atoms. The molecule has 4 nitrogen and oxygen atoms in total. The van der Waals surface area contributed by atoms with Crippen LogP contribution >= 0.6 is 90.4 Å². The van der Waals surface area contributed by atoms with Crippen molar-refractivity contribution in [2.75, 3.05) is 26.4 Å². The van der Waals surface area contributed by atoms with Gasteiger partial charge in [0, 0.05) is 14.3 Å². The molecule has 0 aliphatic carbocycles. The van der Waals surface area contributed by atoms with Crippen LogP contribution in [-0.4, -0.2) is 26.4 Å². The van der Waals surface area contributed by atoms with Crippen molar-refractivity contribution >= 4 is 90.4 Å². The van der Waals surface area contributed by atoms with Crippen LogP contribution in [0.4, 0.5) is 0 Å². The molecule has 0 amide bonds. The summed E-state index contributed by atoms with van der Waals surface area (Å²) in [5, 5.41) is 0. The fraction of sp³-hybridized carbons (Fsp3) is 0.273. The van der Waals surface area contributed by atoms with Gasteiger partial charge in [-0.3, -0.25) is 0 Å². The number of hydrogen-bond donors (Lipinski definition) is 0. The molecule has 0 heterocycles. The Morgan fingerprint density at radius 3 is 0.854 bits per heavy atom. The molecule has 0 radical (unpaired) electrons. The summed E-state index contributed by atoms with van der Waals surface area (Å²) in [7, 11) is 0. The number of ether oxygens (including phenoxy) is 4. The van der Waals surface area contributed by atoms with Crippen LogP contribution in [0.1, 0.15) is 22.3 Å². The van der Waals surface area contributed by atoms with E-state index in [1.54, 1.807) is 0 Å². The van der Waals surface area contributed by atoms with Crippen molar-refractivity contribution in [3.05, 3.63) is 134 Å². The Bertz CT molecular complexity index is 1170. The summed E-state index contributed by atoms with van der Waals surface area (Å²) in [6, 6.07) is 33.6. The highest BCUT2D eigenvalue weighted by atomic mass is 127. The summed E-state index contributed by atoms with van der Waals surface area (Å²) < 4.78 is 30.2. The minimum atomic E-state index is -0.492. The Labute approximate surface area is 297 Å². The van der Waals surface area contributed by atoms with E-state index in [1.165, 1.54) is 14.3 Å². The lowest BCUT2D eigenvalue weighted by molar-refractivity contribution is -0.117. The zero-order valence-electron chi connectivity index (χ0n) is 22.5. The zero-order chi connectivity index (χ0) is 28.9. The van der Waals surface area contributed by atoms with Crippen LogP contribution in [0.25, 0.3) is 0 Å². The van der Waals surface area contributed by atoms with Gasteiger partial charge in [-0.05, 0) is 161 Å². The van der Waals surface area contributed by atoms with Crippen LogP contribution in [0.5, 0.6) is 0 Å². The van der Waals surface area contributed by atoms with Gasteiger partial charge in [-0.15, -0.1) is 0 Å². The van der Waals surface area contributed by atoms with E-state index in [1.807, 2.05) is 0 Å². The Morgan fingerprint density at radius 1 is 0.390 bits per heavy atom. The fourth-order valence-corrected chi connectivity index (χ4v) is 6.73. The van der Waals surface area contributed by atoms with Crippen molar-refractivity contribution in [2.24, 2.45) is 5.41 Å². The van der Waals surface area contributed by atoms with Crippen molar-refractivity contribution in [3.63, 3.8) is 0 Å². The highest BCUT2D eigenvalue weighted by Gasteiger charge is 2.33. The average molecular weight is 1000 g/mol. The molecule has 216 valence electrons. The predicted octanol–water partition coefficient (Wildman–Crippen LogP) is 9.26. The molecule has 0 saturated heterocycles. The minimum absolute atomic E-state index is 0.448. The molecule has 4 aromatic rings. The van der Waals surface area contributed by atoms with Gasteiger partial charge in [-0.1, -0.05) is 48.5 Å². The monoisotopic (exact) mass is 1000 g/mol. The summed E-state index contributed by atoms with van der Waals surface area (Å²) in [6.07, 6.45) is 0. The molecular formula is C33H32I4O4. The second-order valence-electron chi connectivity index (χ2n) is 9.99. The van der Waals surface area contributed by atoms with Crippen LogP contribution in [0.15, 0.2) is 97.1 Å². The molecule has 0 aliphatic rings. The molecule has 0 saturated carbocycles. The molecule has 8 heteroatoms. The van der Waals surface area contributed by atoms with Crippen molar-refractivity contribution in [2.45, 2.75) is 26.4 Å². The first kappa shape index (κ1) is 33.5. The van der Waals surface area contributed by atoms with E-state index in [-0.39, 0.29) is 0 Å². The van der Waals surface area contributed by atoms with E-state index in [2.05, 4.69) is 187 Å². The minimum Gasteiger partial charge on any atom is -0.376 e. The smallest absolute Gasteiger partial charge is 0.0717 e. The Balaban J connectivity index is 1.48. The van der Waals surface area contributed by atoms with Crippen molar-refractivity contribution in [1.29, 1.82) is 0 Å². The van der Waals surface area contributed by atoms with Crippen LogP contribution in [0.2, 0.25) is 0 Å². The summed E-state index contributed by atoms with van der Waals surface area (Å²) in [4.78, 5) is 0. The molecule has 4 rings (SSSR count). The average Bonchev–Trinajstić information content (AvgIpc) is 2.93. The molecule has 0 aromatic heterocycles. The van der Waals surface area contributed by atoms with E-state index in [0.29, 0.717) is 52.9 Å². The molecule has 0 fully saturated rings. The summed E-state index contributed by atoms with van der Waals surface area (Å²) in [5.74, 6) is 0. The van der Waals surface area contributed by atoms with Gasteiger partial charge in [0.05, 0.1) is 58.3 Å². The Kier molecular flexibility index (Phi) is 14.6. The van der Waals surface area contributed by atoms with E-state index in [9.17, 15) is 0 Å². The lowest BCUT2D eigenvalue weighted by Gasteiger charge is -2.33. The normalized spacial score (nSPS) is 11.6. The van der Waals surface area contributed by atoms with E-state index < -0.39 is 5.41 Å². The second kappa shape index (κ2) is 17.8. The van der Waals surface area contributed by atoms with Gasteiger partial charge in [-0.25, -0.2) is 0 Å². The van der Waals surface area contributed by atoms with Crippen LogP contribution in [0.3, 0.4) is 0 Å². The number of hydrogen-bond acceptors (Lipinski definition) is 4. The molecule has 4 aromatic carbocycles. The van der Waals surface area contributed by atoms with Crippen LogP contribution in [0, 0.1) is 19.7 Å². The maximum Gasteiger partial charge on any atom is 0.0717 e. The first-order valence-electron chi connectivity index (χ1n) is 13.2. The molecule has 0 bridgehead atoms.